The van der Waals surface area contributed by atoms with E-state index >= 15 is 0 Å². The molecule has 122 valence electrons. The van der Waals surface area contributed by atoms with Gasteiger partial charge in [0, 0.05) is 26.3 Å². The minimum atomic E-state index is -0.491. The van der Waals surface area contributed by atoms with E-state index in [1.54, 1.807) is 23.2 Å². The Hall–Kier alpha value is -1.98. The van der Waals surface area contributed by atoms with Crippen LogP contribution in [0.1, 0.15) is 33.6 Å². The second-order valence-corrected chi connectivity index (χ2v) is 6.70. The van der Waals surface area contributed by atoms with Gasteiger partial charge in [0.2, 0.25) is 0 Å². The van der Waals surface area contributed by atoms with Crippen molar-refractivity contribution < 1.29 is 14.6 Å². The van der Waals surface area contributed by atoms with Crippen molar-refractivity contribution >= 4 is 11.9 Å². The number of likely N-dealkylation sites (tertiary alicyclic amines) is 1. The lowest BCUT2D eigenvalue weighted by molar-refractivity contribution is 0.0232. The van der Waals surface area contributed by atoms with Crippen LogP contribution in [0.2, 0.25) is 0 Å². The maximum absolute atomic E-state index is 12.3. The third kappa shape index (κ3) is 4.02. The summed E-state index contributed by atoms with van der Waals surface area (Å²) in [6.07, 6.45) is 3.27. The number of anilines is 1. The number of rotatable bonds is 3. The summed E-state index contributed by atoms with van der Waals surface area (Å²) in [6, 6.07) is 3.37. The van der Waals surface area contributed by atoms with Crippen LogP contribution in [0.15, 0.2) is 18.3 Å². The SMILES string of the molecule is CN(C[C@@H]1CCCN1C(=O)OC(C)(C)C)c1ncccc1O. The molecule has 1 aromatic rings. The summed E-state index contributed by atoms with van der Waals surface area (Å²) in [6.45, 7) is 6.93. The summed E-state index contributed by atoms with van der Waals surface area (Å²) in [5.74, 6) is 0.672. The van der Waals surface area contributed by atoms with E-state index < -0.39 is 5.60 Å². The van der Waals surface area contributed by atoms with Gasteiger partial charge in [-0.1, -0.05) is 0 Å². The van der Waals surface area contributed by atoms with Crippen LogP contribution < -0.4 is 4.90 Å². The zero-order valence-electron chi connectivity index (χ0n) is 13.7. The zero-order valence-corrected chi connectivity index (χ0v) is 13.7. The molecule has 2 rings (SSSR count). The number of aromatic nitrogens is 1. The van der Waals surface area contributed by atoms with Gasteiger partial charge in [0.25, 0.3) is 0 Å². The molecule has 1 amide bonds. The Morgan fingerprint density at radius 2 is 2.27 bits per heavy atom. The zero-order chi connectivity index (χ0) is 16.3. The first-order chi connectivity index (χ1) is 10.3. The highest BCUT2D eigenvalue weighted by Crippen LogP contribution is 2.26. The maximum atomic E-state index is 12.3. The molecule has 6 heteroatoms. The summed E-state index contributed by atoms with van der Waals surface area (Å²) in [5, 5.41) is 9.87. The standard InChI is InChI=1S/C16H25N3O3/c1-16(2,3)22-15(21)19-10-6-7-12(19)11-18(4)14-13(20)8-5-9-17-14/h5,8-9,12,20H,6-7,10-11H2,1-4H3/t12-/m0/s1. The van der Waals surface area contributed by atoms with Crippen LogP contribution in [0.25, 0.3) is 0 Å². The highest BCUT2D eigenvalue weighted by atomic mass is 16.6. The first-order valence-electron chi connectivity index (χ1n) is 7.62. The highest BCUT2D eigenvalue weighted by molar-refractivity contribution is 5.69. The molecular weight excluding hydrogens is 282 g/mol. The van der Waals surface area contributed by atoms with Gasteiger partial charge in [0.1, 0.15) is 5.60 Å². The second-order valence-electron chi connectivity index (χ2n) is 6.70. The molecule has 1 aliphatic heterocycles. The van der Waals surface area contributed by atoms with Gasteiger partial charge in [-0.15, -0.1) is 0 Å². The molecular formula is C16H25N3O3. The van der Waals surface area contributed by atoms with E-state index in [4.69, 9.17) is 4.74 Å². The molecule has 1 atom stereocenters. The Morgan fingerprint density at radius 1 is 1.55 bits per heavy atom. The second kappa shape index (κ2) is 6.42. The van der Waals surface area contributed by atoms with E-state index in [0.717, 1.165) is 12.8 Å². The Balaban J connectivity index is 2.02. The van der Waals surface area contributed by atoms with E-state index in [-0.39, 0.29) is 17.9 Å². The molecule has 1 N–H and O–H groups in total. The van der Waals surface area contributed by atoms with Gasteiger partial charge in [-0.3, -0.25) is 0 Å². The molecule has 0 spiro atoms. The highest BCUT2D eigenvalue weighted by Gasteiger charge is 2.33. The number of carbonyl (C=O) groups excluding carboxylic acids is 1. The smallest absolute Gasteiger partial charge is 0.410 e. The Labute approximate surface area is 131 Å². The van der Waals surface area contributed by atoms with E-state index in [0.29, 0.717) is 18.9 Å². The predicted molar refractivity (Wildman–Crippen MR) is 85.1 cm³/mol. The van der Waals surface area contributed by atoms with Gasteiger partial charge >= 0.3 is 6.09 Å². The summed E-state index contributed by atoms with van der Waals surface area (Å²) in [7, 11) is 1.87. The summed E-state index contributed by atoms with van der Waals surface area (Å²) in [4.78, 5) is 20.1. The molecule has 2 heterocycles. The molecule has 6 nitrogen and oxygen atoms in total. The minimum Gasteiger partial charge on any atom is -0.504 e. The Kier molecular flexibility index (Phi) is 4.78. The van der Waals surface area contributed by atoms with Gasteiger partial charge in [-0.25, -0.2) is 9.78 Å². The number of aromatic hydroxyl groups is 1. The molecule has 0 unspecified atom stereocenters. The molecule has 1 saturated heterocycles. The average Bonchev–Trinajstić information content (AvgIpc) is 2.85. The van der Waals surface area contributed by atoms with Gasteiger partial charge in [0.15, 0.2) is 11.6 Å². The summed E-state index contributed by atoms with van der Waals surface area (Å²) < 4.78 is 5.47. The van der Waals surface area contributed by atoms with Crippen molar-refractivity contribution in [2.24, 2.45) is 0 Å². The fraction of sp³-hybridized carbons (Fsp3) is 0.625. The van der Waals surface area contributed by atoms with Crippen LogP contribution in [-0.4, -0.2) is 52.9 Å². The molecule has 22 heavy (non-hydrogen) atoms. The van der Waals surface area contributed by atoms with Crippen molar-refractivity contribution in [3.05, 3.63) is 18.3 Å². The van der Waals surface area contributed by atoms with Gasteiger partial charge in [-0.2, -0.15) is 0 Å². The molecule has 0 radical (unpaired) electrons. The van der Waals surface area contributed by atoms with Crippen molar-refractivity contribution in [1.82, 2.24) is 9.88 Å². The lowest BCUT2D eigenvalue weighted by Crippen LogP contribution is -2.44. The first kappa shape index (κ1) is 16.4. The number of likely N-dealkylation sites (N-methyl/N-ethyl adjacent to an activating group) is 1. The van der Waals surface area contributed by atoms with E-state index in [2.05, 4.69) is 4.98 Å². The molecule has 0 saturated carbocycles. The monoisotopic (exact) mass is 307 g/mol. The lowest BCUT2D eigenvalue weighted by atomic mass is 10.2. The molecule has 1 fully saturated rings. The number of ether oxygens (including phenoxy) is 1. The molecule has 0 bridgehead atoms. The van der Waals surface area contributed by atoms with E-state index in [1.807, 2.05) is 32.7 Å². The van der Waals surface area contributed by atoms with Gasteiger partial charge < -0.3 is 19.6 Å². The van der Waals surface area contributed by atoms with Crippen molar-refractivity contribution in [3.8, 4) is 5.75 Å². The molecule has 1 aromatic heterocycles. The molecule has 0 aliphatic carbocycles. The third-order valence-electron chi connectivity index (χ3n) is 3.62. The fourth-order valence-corrected chi connectivity index (χ4v) is 2.67. The van der Waals surface area contributed by atoms with Crippen LogP contribution in [-0.2, 0) is 4.74 Å². The topological polar surface area (TPSA) is 65.9 Å². The van der Waals surface area contributed by atoms with Crippen LogP contribution >= 0.6 is 0 Å². The number of pyridine rings is 1. The van der Waals surface area contributed by atoms with Crippen molar-refractivity contribution in [3.63, 3.8) is 0 Å². The number of hydrogen-bond donors (Lipinski definition) is 1. The van der Waals surface area contributed by atoms with Crippen LogP contribution in [0.4, 0.5) is 10.6 Å². The Morgan fingerprint density at radius 3 is 2.91 bits per heavy atom. The van der Waals surface area contributed by atoms with Crippen molar-refractivity contribution in [1.29, 1.82) is 0 Å². The predicted octanol–water partition coefficient (Wildman–Crippen LogP) is 2.62. The number of hydrogen-bond acceptors (Lipinski definition) is 5. The number of amides is 1. The number of nitrogens with zero attached hydrogens (tertiary/aromatic N) is 3. The van der Waals surface area contributed by atoms with Gasteiger partial charge in [-0.05, 0) is 45.7 Å². The third-order valence-corrected chi connectivity index (χ3v) is 3.62. The van der Waals surface area contributed by atoms with Crippen LogP contribution in [0.5, 0.6) is 5.75 Å². The number of carbonyl (C=O) groups is 1. The first-order valence-corrected chi connectivity index (χ1v) is 7.62. The van der Waals surface area contributed by atoms with Gasteiger partial charge in [0.05, 0.1) is 6.04 Å². The van der Waals surface area contributed by atoms with E-state index in [9.17, 15) is 9.90 Å². The summed E-state index contributed by atoms with van der Waals surface area (Å²) >= 11 is 0. The Bertz CT molecular complexity index is 528. The largest absolute Gasteiger partial charge is 0.504 e. The molecule has 0 aromatic carbocycles. The lowest BCUT2D eigenvalue weighted by Gasteiger charge is -2.31. The van der Waals surface area contributed by atoms with Crippen LogP contribution in [0.3, 0.4) is 0 Å². The average molecular weight is 307 g/mol. The van der Waals surface area contributed by atoms with Crippen molar-refractivity contribution in [2.45, 2.75) is 45.3 Å². The van der Waals surface area contributed by atoms with Crippen LogP contribution in [0, 0.1) is 0 Å². The maximum Gasteiger partial charge on any atom is 0.410 e. The fourth-order valence-electron chi connectivity index (χ4n) is 2.67. The van der Waals surface area contributed by atoms with E-state index in [1.165, 1.54) is 0 Å². The quantitative estimate of drug-likeness (QED) is 0.930. The van der Waals surface area contributed by atoms with Crippen molar-refractivity contribution in [2.75, 3.05) is 25.0 Å². The molecule has 1 aliphatic rings. The minimum absolute atomic E-state index is 0.0706. The summed E-state index contributed by atoms with van der Waals surface area (Å²) in [5.41, 5.74) is -0.491. The normalized spacial score (nSPS) is 18.4.